The lowest BCUT2D eigenvalue weighted by Crippen LogP contribution is -2.46. The molecule has 0 aromatic rings. The minimum Gasteiger partial charge on any atom is -0.378 e. The summed E-state index contributed by atoms with van der Waals surface area (Å²) in [5, 5.41) is 2.41. The minimum absolute atomic E-state index is 0.0454. The number of rotatable bonds is 2. The Morgan fingerprint density at radius 1 is 1.50 bits per heavy atom. The summed E-state index contributed by atoms with van der Waals surface area (Å²) < 4.78 is 5.06. The summed E-state index contributed by atoms with van der Waals surface area (Å²) in [6, 6.07) is -0.221. The van der Waals surface area contributed by atoms with E-state index in [1.807, 2.05) is 0 Å². The Morgan fingerprint density at radius 2 is 2.17 bits per heavy atom. The van der Waals surface area contributed by atoms with E-state index < -0.39 is 0 Å². The highest BCUT2D eigenvalue weighted by Gasteiger charge is 2.15. The van der Waals surface area contributed by atoms with Crippen molar-refractivity contribution in [1.82, 2.24) is 10.2 Å². The van der Waals surface area contributed by atoms with Crippen molar-refractivity contribution in [3.8, 4) is 0 Å². The molecule has 1 radical (unpaired) electrons. The topological polar surface area (TPSA) is 58.6 Å². The molecule has 0 aromatic heterocycles. The fourth-order valence-corrected chi connectivity index (χ4v) is 0.990. The van der Waals surface area contributed by atoms with Crippen LogP contribution in [0.25, 0.3) is 0 Å². The van der Waals surface area contributed by atoms with Gasteiger partial charge in [0.1, 0.15) is 0 Å². The largest absolute Gasteiger partial charge is 0.378 e. The van der Waals surface area contributed by atoms with Gasteiger partial charge in [0, 0.05) is 13.1 Å². The van der Waals surface area contributed by atoms with E-state index in [1.54, 1.807) is 11.2 Å². The van der Waals surface area contributed by atoms with Gasteiger partial charge in [0.15, 0.2) is 0 Å². The third kappa shape index (κ3) is 2.50. The van der Waals surface area contributed by atoms with E-state index in [0.29, 0.717) is 26.3 Å². The Labute approximate surface area is 70.7 Å². The fourth-order valence-electron chi connectivity index (χ4n) is 0.990. The third-order valence-electron chi connectivity index (χ3n) is 1.61. The van der Waals surface area contributed by atoms with Crippen LogP contribution in [0.5, 0.6) is 0 Å². The SMILES string of the molecule is O=[C]CNC(=O)N1CCOCC1. The first-order valence-corrected chi connectivity index (χ1v) is 3.80. The number of ether oxygens (including phenoxy) is 1. The third-order valence-corrected chi connectivity index (χ3v) is 1.61. The van der Waals surface area contributed by atoms with Crippen molar-refractivity contribution in [3.63, 3.8) is 0 Å². The van der Waals surface area contributed by atoms with E-state index in [1.165, 1.54) is 0 Å². The van der Waals surface area contributed by atoms with Gasteiger partial charge in [-0.3, -0.25) is 4.79 Å². The van der Waals surface area contributed by atoms with Crippen LogP contribution in [0.1, 0.15) is 0 Å². The van der Waals surface area contributed by atoms with Gasteiger partial charge in [-0.1, -0.05) is 0 Å². The van der Waals surface area contributed by atoms with Crippen LogP contribution < -0.4 is 5.32 Å². The van der Waals surface area contributed by atoms with Gasteiger partial charge in [-0.25, -0.2) is 4.79 Å². The molecule has 0 aliphatic carbocycles. The Balaban J connectivity index is 2.24. The van der Waals surface area contributed by atoms with Crippen molar-refractivity contribution in [2.45, 2.75) is 0 Å². The summed E-state index contributed by atoms with van der Waals surface area (Å²) in [5.74, 6) is 0. The number of morpholine rings is 1. The lowest BCUT2D eigenvalue weighted by molar-refractivity contribution is 0.0535. The van der Waals surface area contributed by atoms with Crippen LogP contribution in [0.2, 0.25) is 0 Å². The van der Waals surface area contributed by atoms with Crippen LogP contribution in [0.15, 0.2) is 0 Å². The molecule has 0 saturated carbocycles. The molecule has 1 saturated heterocycles. The van der Waals surface area contributed by atoms with Gasteiger partial charge in [-0.15, -0.1) is 0 Å². The number of amides is 2. The second-order valence-corrected chi connectivity index (χ2v) is 2.40. The van der Waals surface area contributed by atoms with E-state index in [2.05, 4.69) is 5.32 Å². The van der Waals surface area contributed by atoms with E-state index in [4.69, 9.17) is 4.74 Å². The first-order chi connectivity index (χ1) is 5.84. The maximum atomic E-state index is 11.1. The molecular weight excluding hydrogens is 160 g/mol. The molecule has 0 unspecified atom stereocenters. The first-order valence-electron chi connectivity index (χ1n) is 3.80. The molecule has 1 rings (SSSR count). The summed E-state index contributed by atoms with van der Waals surface area (Å²) in [6.07, 6.45) is 1.60. The molecular formula is C7H11N2O3. The highest BCUT2D eigenvalue weighted by molar-refractivity contribution is 5.76. The lowest BCUT2D eigenvalue weighted by Gasteiger charge is -2.26. The van der Waals surface area contributed by atoms with Gasteiger partial charge in [0.2, 0.25) is 6.29 Å². The number of carbonyl (C=O) groups excluding carboxylic acids is 2. The molecule has 2 amide bonds. The van der Waals surface area contributed by atoms with Gasteiger partial charge >= 0.3 is 6.03 Å². The highest BCUT2D eigenvalue weighted by atomic mass is 16.5. The molecule has 0 spiro atoms. The molecule has 0 atom stereocenters. The Morgan fingerprint density at radius 3 is 2.75 bits per heavy atom. The maximum Gasteiger partial charge on any atom is 0.317 e. The van der Waals surface area contributed by atoms with Crippen LogP contribution in [0, 0.1) is 0 Å². The van der Waals surface area contributed by atoms with Gasteiger partial charge in [-0.05, 0) is 0 Å². The number of nitrogens with one attached hydrogen (secondary N) is 1. The number of hydrogen-bond acceptors (Lipinski definition) is 3. The van der Waals surface area contributed by atoms with E-state index in [0.717, 1.165) is 0 Å². The molecule has 1 heterocycles. The first kappa shape index (κ1) is 8.99. The monoisotopic (exact) mass is 171 g/mol. The van der Waals surface area contributed by atoms with Crippen LogP contribution in [-0.4, -0.2) is 50.1 Å². The highest BCUT2D eigenvalue weighted by Crippen LogP contribution is 1.95. The van der Waals surface area contributed by atoms with Crippen molar-refractivity contribution in [2.75, 3.05) is 32.8 Å². The summed E-state index contributed by atoms with van der Waals surface area (Å²) >= 11 is 0. The van der Waals surface area contributed by atoms with E-state index in [9.17, 15) is 9.59 Å². The average Bonchev–Trinajstić information content (AvgIpc) is 2.15. The maximum absolute atomic E-state index is 11.1. The molecule has 0 aromatic carbocycles. The zero-order valence-electron chi connectivity index (χ0n) is 6.71. The number of hydrogen-bond donors (Lipinski definition) is 1. The number of urea groups is 1. The van der Waals surface area contributed by atoms with E-state index in [-0.39, 0.29) is 12.6 Å². The molecule has 5 nitrogen and oxygen atoms in total. The normalized spacial score (nSPS) is 17.2. The molecule has 5 heteroatoms. The van der Waals surface area contributed by atoms with Gasteiger partial charge in [0.05, 0.1) is 19.8 Å². The second kappa shape index (κ2) is 4.71. The molecule has 12 heavy (non-hydrogen) atoms. The standard InChI is InChI=1S/C7H11N2O3/c10-4-1-8-7(11)9-2-5-12-6-3-9/h1-3,5-6H2,(H,8,11). The molecule has 67 valence electrons. The predicted octanol–water partition coefficient (Wildman–Crippen LogP) is -0.862. The number of nitrogens with zero attached hydrogens (tertiary/aromatic N) is 1. The lowest BCUT2D eigenvalue weighted by atomic mass is 10.4. The van der Waals surface area contributed by atoms with Gasteiger partial charge < -0.3 is 15.0 Å². The molecule has 1 aliphatic heterocycles. The average molecular weight is 171 g/mol. The van der Waals surface area contributed by atoms with Crippen LogP contribution in [0.4, 0.5) is 4.79 Å². The number of carbonyl (C=O) groups is 1. The van der Waals surface area contributed by atoms with Crippen molar-refractivity contribution < 1.29 is 14.3 Å². The van der Waals surface area contributed by atoms with E-state index >= 15 is 0 Å². The zero-order chi connectivity index (χ0) is 8.81. The Kier molecular flexibility index (Phi) is 3.53. The predicted molar refractivity (Wildman–Crippen MR) is 41.5 cm³/mol. The van der Waals surface area contributed by atoms with Crippen LogP contribution in [0.3, 0.4) is 0 Å². The summed E-state index contributed by atoms with van der Waals surface area (Å²) in [7, 11) is 0. The van der Waals surface area contributed by atoms with Crippen molar-refractivity contribution in [1.29, 1.82) is 0 Å². The summed E-state index contributed by atoms with van der Waals surface area (Å²) in [6.45, 7) is 2.27. The van der Waals surface area contributed by atoms with Crippen molar-refractivity contribution >= 4 is 12.3 Å². The van der Waals surface area contributed by atoms with Crippen LogP contribution >= 0.6 is 0 Å². The quantitative estimate of drug-likeness (QED) is 0.588. The molecule has 1 N–H and O–H groups in total. The van der Waals surface area contributed by atoms with Crippen LogP contribution in [-0.2, 0) is 9.53 Å². The molecule has 1 fully saturated rings. The molecule has 1 aliphatic rings. The molecule has 0 bridgehead atoms. The van der Waals surface area contributed by atoms with Crippen molar-refractivity contribution in [2.24, 2.45) is 0 Å². The summed E-state index contributed by atoms with van der Waals surface area (Å²) in [5.41, 5.74) is 0. The van der Waals surface area contributed by atoms with Gasteiger partial charge in [0.25, 0.3) is 0 Å². The fraction of sp³-hybridized carbons (Fsp3) is 0.714. The minimum atomic E-state index is -0.221. The Hall–Kier alpha value is -1.10. The summed E-state index contributed by atoms with van der Waals surface area (Å²) in [4.78, 5) is 22.6. The zero-order valence-corrected chi connectivity index (χ0v) is 6.71. The smallest absolute Gasteiger partial charge is 0.317 e. The van der Waals surface area contributed by atoms with Crippen molar-refractivity contribution in [3.05, 3.63) is 0 Å². The second-order valence-electron chi connectivity index (χ2n) is 2.40. The van der Waals surface area contributed by atoms with Gasteiger partial charge in [-0.2, -0.15) is 0 Å². The Bertz CT molecular complexity index is 166.